The van der Waals surface area contributed by atoms with E-state index in [4.69, 9.17) is 15.0 Å². The van der Waals surface area contributed by atoms with E-state index in [2.05, 4.69) is 18.2 Å². The summed E-state index contributed by atoms with van der Waals surface area (Å²) in [6.07, 6.45) is 8.73. The van der Waals surface area contributed by atoms with Crippen LogP contribution in [0.3, 0.4) is 0 Å². The molecule has 1 aliphatic carbocycles. The zero-order valence-corrected chi connectivity index (χ0v) is 18.5. The Morgan fingerprint density at radius 1 is 1.19 bits per heavy atom. The van der Waals surface area contributed by atoms with Crippen molar-refractivity contribution >= 4 is 5.97 Å². The second-order valence-corrected chi connectivity index (χ2v) is 8.82. The molecule has 1 unspecified atom stereocenters. The number of nitriles is 1. The highest BCUT2D eigenvalue weighted by atomic mass is 16.5. The third-order valence-corrected chi connectivity index (χ3v) is 6.55. The van der Waals surface area contributed by atoms with Crippen LogP contribution >= 0.6 is 0 Å². The lowest BCUT2D eigenvalue weighted by atomic mass is 9.95. The van der Waals surface area contributed by atoms with Gasteiger partial charge in [-0.05, 0) is 80.7 Å². The molecule has 1 fully saturated rings. The number of likely N-dealkylation sites (tertiary alicyclic amines) is 1. The minimum absolute atomic E-state index is 0.0668. The van der Waals surface area contributed by atoms with Gasteiger partial charge in [0.1, 0.15) is 6.04 Å². The van der Waals surface area contributed by atoms with E-state index in [1.807, 2.05) is 4.90 Å². The Balaban J connectivity index is 1.21. The first-order chi connectivity index (χ1) is 15.6. The Hall–Kier alpha value is -2.75. The molecule has 4 rings (SSSR count). The van der Waals surface area contributed by atoms with Crippen LogP contribution in [0, 0.1) is 11.3 Å². The number of rotatable bonds is 9. The fourth-order valence-electron chi connectivity index (χ4n) is 4.80. The van der Waals surface area contributed by atoms with E-state index in [1.165, 1.54) is 36.2 Å². The molecule has 2 heterocycles. The molecule has 1 aromatic heterocycles. The van der Waals surface area contributed by atoms with Gasteiger partial charge >= 0.3 is 5.97 Å². The smallest absolute Gasteiger partial charge is 0.325 e. The second-order valence-electron chi connectivity index (χ2n) is 8.82. The molecule has 6 heteroatoms. The first kappa shape index (κ1) is 22.4. The van der Waals surface area contributed by atoms with Crippen LogP contribution in [0.1, 0.15) is 66.2 Å². The molecule has 1 N–H and O–H groups in total. The topological polar surface area (TPSA) is 86.5 Å². The normalized spacial score (nSPS) is 19.3. The molecule has 0 spiro atoms. The van der Waals surface area contributed by atoms with Crippen molar-refractivity contribution in [1.82, 2.24) is 9.88 Å². The molecule has 2 atom stereocenters. The van der Waals surface area contributed by atoms with E-state index in [0.717, 1.165) is 32.1 Å². The number of fused-ring (bicyclic) bond motifs is 1. The molecule has 6 nitrogen and oxygen atoms in total. The Kier molecular flexibility index (Phi) is 7.51. The summed E-state index contributed by atoms with van der Waals surface area (Å²) in [5, 5.41) is 18.7. The number of ether oxygens (including phenoxy) is 1. The zero-order valence-electron chi connectivity index (χ0n) is 18.5. The predicted molar refractivity (Wildman–Crippen MR) is 121 cm³/mol. The van der Waals surface area contributed by atoms with E-state index in [9.17, 15) is 9.90 Å². The number of aromatic nitrogens is 1. The fourth-order valence-corrected chi connectivity index (χ4v) is 4.80. The number of carbonyl (C=O) groups is 1. The second kappa shape index (κ2) is 10.7. The molecular weight excluding hydrogens is 402 g/mol. The first-order valence-electron chi connectivity index (χ1n) is 11.7. The summed E-state index contributed by atoms with van der Waals surface area (Å²) in [5.74, 6) is -0.868. The van der Waals surface area contributed by atoms with Gasteiger partial charge in [0.15, 0.2) is 0 Å². The molecule has 1 aliphatic heterocycles. The maximum Gasteiger partial charge on any atom is 0.325 e. The number of hydrogen-bond acceptors (Lipinski definition) is 5. The first-order valence-corrected chi connectivity index (χ1v) is 11.7. The Morgan fingerprint density at radius 2 is 2.00 bits per heavy atom. The van der Waals surface area contributed by atoms with Crippen LogP contribution in [0.2, 0.25) is 0 Å². The van der Waals surface area contributed by atoms with Crippen molar-refractivity contribution in [3.63, 3.8) is 0 Å². The molecule has 0 saturated carbocycles. The van der Waals surface area contributed by atoms with Crippen molar-refractivity contribution in [2.24, 2.45) is 0 Å². The molecule has 2 aliphatic rings. The van der Waals surface area contributed by atoms with Crippen molar-refractivity contribution in [1.29, 1.82) is 5.26 Å². The van der Waals surface area contributed by atoms with Crippen molar-refractivity contribution < 1.29 is 14.6 Å². The quantitative estimate of drug-likeness (QED) is 0.600. The van der Waals surface area contributed by atoms with E-state index in [0.29, 0.717) is 30.8 Å². The zero-order chi connectivity index (χ0) is 22.3. The minimum atomic E-state index is -0.868. The average Bonchev–Trinajstić information content (AvgIpc) is 3.27. The van der Waals surface area contributed by atoms with Gasteiger partial charge in [-0.15, -0.1) is 0 Å². The number of nitrogens with zero attached hydrogens (tertiary/aromatic N) is 3. The van der Waals surface area contributed by atoms with Gasteiger partial charge < -0.3 is 9.84 Å². The van der Waals surface area contributed by atoms with Crippen LogP contribution in [-0.4, -0.2) is 46.8 Å². The summed E-state index contributed by atoms with van der Waals surface area (Å²) in [7, 11) is 0. The lowest BCUT2D eigenvalue weighted by molar-refractivity contribution is -0.143. The third-order valence-electron chi connectivity index (χ3n) is 6.55. The molecule has 0 amide bonds. The lowest BCUT2D eigenvalue weighted by Gasteiger charge is -2.24. The Morgan fingerprint density at radius 3 is 2.78 bits per heavy atom. The predicted octanol–water partition coefficient (Wildman–Crippen LogP) is 4.07. The molecule has 32 heavy (non-hydrogen) atoms. The summed E-state index contributed by atoms with van der Waals surface area (Å²) >= 11 is 0. The maximum atomic E-state index is 11.9. The van der Waals surface area contributed by atoms with E-state index in [-0.39, 0.29) is 6.10 Å². The summed E-state index contributed by atoms with van der Waals surface area (Å²) in [6, 6.07) is 12.6. The minimum Gasteiger partial charge on any atom is -0.480 e. The van der Waals surface area contributed by atoms with Gasteiger partial charge in [-0.1, -0.05) is 18.2 Å². The fraction of sp³-hybridized carbons (Fsp3) is 0.500. The van der Waals surface area contributed by atoms with Gasteiger partial charge in [-0.25, -0.2) is 0 Å². The van der Waals surface area contributed by atoms with Gasteiger partial charge in [0.05, 0.1) is 17.7 Å². The van der Waals surface area contributed by atoms with E-state index >= 15 is 0 Å². The van der Waals surface area contributed by atoms with Gasteiger partial charge in [0.2, 0.25) is 0 Å². The average molecular weight is 434 g/mol. The highest BCUT2D eigenvalue weighted by Crippen LogP contribution is 2.27. The number of aryl methyl sites for hydroxylation is 3. The number of hydrogen-bond donors (Lipinski definition) is 1. The lowest BCUT2D eigenvalue weighted by Crippen LogP contribution is -2.33. The van der Waals surface area contributed by atoms with E-state index < -0.39 is 12.0 Å². The van der Waals surface area contributed by atoms with Gasteiger partial charge in [-0.2, -0.15) is 5.26 Å². The largest absolute Gasteiger partial charge is 0.480 e. The molecule has 0 radical (unpaired) electrons. The van der Waals surface area contributed by atoms with Crippen molar-refractivity contribution in [2.45, 2.75) is 63.5 Å². The molecular formula is C26H31N3O3. The van der Waals surface area contributed by atoms with Crippen LogP contribution in [-0.2, 0) is 28.8 Å². The molecule has 168 valence electrons. The monoisotopic (exact) mass is 433 g/mol. The van der Waals surface area contributed by atoms with Crippen LogP contribution in [0.4, 0.5) is 0 Å². The Bertz CT molecular complexity index is 967. The number of carboxylic acids is 1. The van der Waals surface area contributed by atoms with Crippen molar-refractivity contribution in [3.05, 3.63) is 64.5 Å². The number of aliphatic carboxylic acids is 1. The van der Waals surface area contributed by atoms with Crippen LogP contribution in [0.5, 0.6) is 0 Å². The highest BCUT2D eigenvalue weighted by molar-refractivity contribution is 5.75. The summed E-state index contributed by atoms with van der Waals surface area (Å²) in [5.41, 5.74) is 5.14. The molecule has 2 aromatic rings. The summed E-state index contributed by atoms with van der Waals surface area (Å²) in [4.78, 5) is 18.7. The van der Waals surface area contributed by atoms with Gasteiger partial charge in [0, 0.05) is 31.1 Å². The maximum absolute atomic E-state index is 11.9. The number of carboxylic acid groups (broad SMARTS) is 1. The highest BCUT2D eigenvalue weighted by Gasteiger charge is 2.33. The Labute approximate surface area is 189 Å². The van der Waals surface area contributed by atoms with Crippen LogP contribution in [0.25, 0.3) is 0 Å². The van der Waals surface area contributed by atoms with Gasteiger partial charge in [0.25, 0.3) is 0 Å². The van der Waals surface area contributed by atoms with Crippen molar-refractivity contribution in [2.75, 3.05) is 19.7 Å². The summed E-state index contributed by atoms with van der Waals surface area (Å²) in [6.45, 7) is 2.00. The van der Waals surface area contributed by atoms with E-state index in [1.54, 1.807) is 24.3 Å². The number of pyridine rings is 1. The number of benzene rings is 1. The van der Waals surface area contributed by atoms with Gasteiger partial charge in [-0.3, -0.25) is 14.7 Å². The van der Waals surface area contributed by atoms with Crippen LogP contribution < -0.4 is 0 Å². The number of unbranched alkanes of at least 4 members (excludes halogenated alkanes) is 1. The third kappa shape index (κ3) is 5.53. The summed E-state index contributed by atoms with van der Waals surface area (Å²) < 4.78 is 6.07. The van der Waals surface area contributed by atoms with Crippen molar-refractivity contribution in [3.8, 4) is 6.07 Å². The molecule has 0 bridgehead atoms. The molecule has 1 saturated heterocycles. The molecule has 1 aromatic carbocycles. The SMILES string of the molecule is N#Cc1ccc(C(C(=O)O)N2CC[C@@H](OCCCCc3ccc4c(n3)CCCC4)C2)cc1. The standard InChI is InChI=1S/C26H31N3O3/c27-17-19-8-10-21(11-9-19)25(26(30)31)29-15-14-23(18-29)32-16-4-3-6-22-13-12-20-5-1-2-7-24(20)28-22/h8-13,23,25H,1-7,14-16,18H2,(H,30,31)/t23-,25?/m1/s1. The van der Waals surface area contributed by atoms with Crippen LogP contribution in [0.15, 0.2) is 36.4 Å².